The van der Waals surface area contributed by atoms with E-state index in [0.29, 0.717) is 0 Å². The van der Waals surface area contributed by atoms with Gasteiger partial charge in [-0.3, -0.25) is 9.59 Å². The molecule has 7 heteroatoms. The smallest absolute Gasteiger partial charge is 0.308 e. The van der Waals surface area contributed by atoms with E-state index >= 15 is 0 Å². The predicted molar refractivity (Wildman–Crippen MR) is 84.7 cm³/mol. The van der Waals surface area contributed by atoms with Crippen molar-refractivity contribution in [2.75, 3.05) is 7.11 Å². The Morgan fingerprint density at radius 3 is 2.00 bits per heavy atom. The standard InChI is InChI=1S/C17H16O7/c1-8(18)14-10(20)4-5-11(21)15(14)16-12(23-3)6-7-13(17(16)22)24-9(2)19/h4-7,20-22H,1-3H3. The van der Waals surface area contributed by atoms with Crippen LogP contribution in [-0.2, 0) is 4.79 Å². The first-order valence-corrected chi connectivity index (χ1v) is 6.92. The number of benzene rings is 2. The van der Waals surface area contributed by atoms with Crippen LogP contribution < -0.4 is 9.47 Å². The lowest BCUT2D eigenvalue weighted by Crippen LogP contribution is -2.04. The number of carbonyl (C=O) groups is 2. The van der Waals surface area contributed by atoms with E-state index in [1.807, 2.05) is 0 Å². The Morgan fingerprint density at radius 1 is 0.875 bits per heavy atom. The minimum Gasteiger partial charge on any atom is -0.507 e. The first-order chi connectivity index (χ1) is 11.3. The lowest BCUT2D eigenvalue weighted by atomic mass is 9.93. The van der Waals surface area contributed by atoms with Gasteiger partial charge in [0.05, 0.1) is 18.2 Å². The van der Waals surface area contributed by atoms with Gasteiger partial charge in [-0.15, -0.1) is 0 Å². The molecule has 0 saturated carbocycles. The monoisotopic (exact) mass is 332 g/mol. The molecule has 7 nitrogen and oxygen atoms in total. The van der Waals surface area contributed by atoms with E-state index in [2.05, 4.69) is 0 Å². The van der Waals surface area contributed by atoms with Gasteiger partial charge in [-0.2, -0.15) is 0 Å². The van der Waals surface area contributed by atoms with Gasteiger partial charge in [-0.05, 0) is 31.2 Å². The number of phenolic OH excluding ortho intramolecular Hbond substituents is 3. The Labute approximate surface area is 137 Å². The minimum atomic E-state index is -0.659. The van der Waals surface area contributed by atoms with E-state index in [-0.39, 0.29) is 39.7 Å². The number of hydrogen-bond acceptors (Lipinski definition) is 7. The molecule has 126 valence electrons. The lowest BCUT2D eigenvalue weighted by molar-refractivity contribution is -0.132. The number of ketones is 1. The summed E-state index contributed by atoms with van der Waals surface area (Å²) in [4.78, 5) is 23.1. The summed E-state index contributed by atoms with van der Waals surface area (Å²) in [5, 5.41) is 30.6. The topological polar surface area (TPSA) is 113 Å². The Hall–Kier alpha value is -3.22. The fourth-order valence-corrected chi connectivity index (χ4v) is 2.39. The van der Waals surface area contributed by atoms with Gasteiger partial charge >= 0.3 is 5.97 Å². The van der Waals surface area contributed by atoms with Crippen molar-refractivity contribution in [2.45, 2.75) is 13.8 Å². The number of ether oxygens (including phenoxy) is 2. The normalized spacial score (nSPS) is 10.3. The van der Waals surface area contributed by atoms with Crippen LogP contribution in [0.2, 0.25) is 0 Å². The lowest BCUT2D eigenvalue weighted by Gasteiger charge is -2.17. The van der Waals surface area contributed by atoms with Gasteiger partial charge in [0.25, 0.3) is 0 Å². The van der Waals surface area contributed by atoms with Crippen molar-refractivity contribution in [2.24, 2.45) is 0 Å². The van der Waals surface area contributed by atoms with E-state index < -0.39 is 17.5 Å². The average Bonchev–Trinajstić information content (AvgIpc) is 2.50. The van der Waals surface area contributed by atoms with E-state index in [4.69, 9.17) is 9.47 Å². The van der Waals surface area contributed by atoms with Gasteiger partial charge < -0.3 is 24.8 Å². The summed E-state index contributed by atoms with van der Waals surface area (Å²) in [7, 11) is 1.33. The molecule has 0 atom stereocenters. The summed E-state index contributed by atoms with van der Waals surface area (Å²) < 4.78 is 10.1. The highest BCUT2D eigenvalue weighted by Gasteiger charge is 2.26. The number of rotatable bonds is 4. The highest BCUT2D eigenvalue weighted by atomic mass is 16.5. The van der Waals surface area contributed by atoms with Crippen LogP contribution in [0.5, 0.6) is 28.7 Å². The van der Waals surface area contributed by atoms with E-state index in [1.165, 1.54) is 32.2 Å². The van der Waals surface area contributed by atoms with Gasteiger partial charge in [0.15, 0.2) is 17.3 Å². The van der Waals surface area contributed by atoms with Crippen LogP contribution in [0.25, 0.3) is 11.1 Å². The molecule has 3 N–H and O–H groups in total. The number of esters is 1. The maximum Gasteiger partial charge on any atom is 0.308 e. The van der Waals surface area contributed by atoms with E-state index in [0.717, 1.165) is 13.0 Å². The van der Waals surface area contributed by atoms with Crippen molar-refractivity contribution in [1.82, 2.24) is 0 Å². The molecule has 2 aromatic carbocycles. The molecule has 2 rings (SSSR count). The van der Waals surface area contributed by atoms with Crippen molar-refractivity contribution in [1.29, 1.82) is 0 Å². The maximum atomic E-state index is 11.9. The van der Waals surface area contributed by atoms with Crippen LogP contribution in [0.4, 0.5) is 0 Å². The molecule has 0 aliphatic carbocycles. The molecule has 0 unspecified atom stereocenters. The third-order valence-corrected chi connectivity index (χ3v) is 3.34. The summed E-state index contributed by atoms with van der Waals surface area (Å²) >= 11 is 0. The van der Waals surface area contributed by atoms with E-state index in [9.17, 15) is 24.9 Å². The zero-order valence-electron chi connectivity index (χ0n) is 13.3. The second-order valence-electron chi connectivity index (χ2n) is 4.99. The van der Waals surface area contributed by atoms with Gasteiger partial charge in [0.2, 0.25) is 0 Å². The minimum absolute atomic E-state index is 0.0742. The average molecular weight is 332 g/mol. The van der Waals surface area contributed by atoms with Crippen LogP contribution >= 0.6 is 0 Å². The molecule has 0 heterocycles. The number of methoxy groups -OCH3 is 1. The number of Topliss-reactive ketones (excluding diaryl/α,β-unsaturated/α-hetero) is 1. The summed E-state index contributed by atoms with van der Waals surface area (Å²) in [6, 6.07) is 5.05. The molecule has 0 amide bonds. The molecule has 0 saturated heterocycles. The van der Waals surface area contributed by atoms with E-state index in [1.54, 1.807) is 0 Å². The fourth-order valence-electron chi connectivity index (χ4n) is 2.39. The molecule has 0 fully saturated rings. The van der Waals surface area contributed by atoms with Crippen LogP contribution in [-0.4, -0.2) is 34.2 Å². The summed E-state index contributed by atoms with van der Waals surface area (Å²) in [5.74, 6) is -2.47. The highest BCUT2D eigenvalue weighted by molar-refractivity contribution is 6.06. The Balaban J connectivity index is 2.88. The SMILES string of the molecule is COc1ccc(OC(C)=O)c(O)c1-c1c(O)ccc(O)c1C(C)=O. The number of carbonyl (C=O) groups excluding carboxylic acids is 2. The molecule has 0 bridgehead atoms. The molecule has 0 aliphatic rings. The predicted octanol–water partition coefficient (Wildman–Crippen LogP) is 2.61. The van der Waals surface area contributed by atoms with Crippen molar-refractivity contribution in [3.05, 3.63) is 29.8 Å². The third kappa shape index (κ3) is 2.96. The van der Waals surface area contributed by atoms with Crippen LogP contribution in [0, 0.1) is 0 Å². The fraction of sp³-hybridized carbons (Fsp3) is 0.176. The molecule has 0 aliphatic heterocycles. The van der Waals surface area contributed by atoms with Crippen molar-refractivity contribution >= 4 is 11.8 Å². The molecular weight excluding hydrogens is 316 g/mol. The summed E-state index contributed by atoms with van der Waals surface area (Å²) in [6.07, 6.45) is 0. The maximum absolute atomic E-state index is 11.9. The third-order valence-electron chi connectivity index (χ3n) is 3.34. The molecule has 0 spiro atoms. The van der Waals surface area contributed by atoms with Gasteiger partial charge in [0, 0.05) is 12.5 Å². The zero-order valence-corrected chi connectivity index (χ0v) is 13.3. The molecule has 2 aromatic rings. The highest BCUT2D eigenvalue weighted by Crippen LogP contribution is 2.49. The number of aromatic hydroxyl groups is 3. The largest absolute Gasteiger partial charge is 0.507 e. The molecule has 0 aromatic heterocycles. The van der Waals surface area contributed by atoms with Gasteiger partial charge in [-0.25, -0.2) is 0 Å². The Kier molecular flexibility index (Phi) is 4.64. The van der Waals surface area contributed by atoms with Gasteiger partial charge in [0.1, 0.15) is 17.2 Å². The first kappa shape index (κ1) is 17.1. The molecular formula is C17H16O7. The summed E-state index contributed by atoms with van der Waals surface area (Å²) in [5.41, 5.74) is -0.385. The summed E-state index contributed by atoms with van der Waals surface area (Å²) in [6.45, 7) is 2.37. The molecule has 0 radical (unpaired) electrons. The number of hydrogen-bond donors (Lipinski definition) is 3. The van der Waals surface area contributed by atoms with Crippen LogP contribution in [0.15, 0.2) is 24.3 Å². The Bertz CT molecular complexity index is 824. The molecule has 24 heavy (non-hydrogen) atoms. The zero-order chi connectivity index (χ0) is 18.0. The quantitative estimate of drug-likeness (QED) is 0.341. The van der Waals surface area contributed by atoms with Crippen LogP contribution in [0.1, 0.15) is 24.2 Å². The van der Waals surface area contributed by atoms with Crippen molar-refractivity contribution in [3.8, 4) is 39.9 Å². The van der Waals surface area contributed by atoms with Crippen LogP contribution in [0.3, 0.4) is 0 Å². The van der Waals surface area contributed by atoms with Crippen molar-refractivity contribution < 1.29 is 34.4 Å². The Morgan fingerprint density at radius 2 is 1.46 bits per heavy atom. The van der Waals surface area contributed by atoms with Gasteiger partial charge in [-0.1, -0.05) is 0 Å². The second kappa shape index (κ2) is 6.49. The van der Waals surface area contributed by atoms with Crippen molar-refractivity contribution in [3.63, 3.8) is 0 Å². The number of phenols is 3. The second-order valence-corrected chi connectivity index (χ2v) is 4.99. The first-order valence-electron chi connectivity index (χ1n) is 6.92.